The minimum atomic E-state index is 0.672. The predicted octanol–water partition coefficient (Wildman–Crippen LogP) is 5.03. The molecular formula is C15H15BrClNO. The highest BCUT2D eigenvalue weighted by atomic mass is 79.9. The van der Waals surface area contributed by atoms with Gasteiger partial charge < -0.3 is 10.1 Å². The summed E-state index contributed by atoms with van der Waals surface area (Å²) in [6, 6.07) is 11.9. The van der Waals surface area contributed by atoms with Crippen molar-refractivity contribution in [3.8, 4) is 5.75 Å². The van der Waals surface area contributed by atoms with Crippen LogP contribution in [0.15, 0.2) is 40.9 Å². The minimum Gasteiger partial charge on any atom is -0.497 e. The number of aryl methyl sites for hydroxylation is 1. The van der Waals surface area contributed by atoms with Crippen LogP contribution in [-0.2, 0) is 6.54 Å². The third-order valence-corrected chi connectivity index (χ3v) is 3.89. The SMILES string of the molecule is COc1ccc(Br)c(NCc2ccc(C)cc2Cl)c1. The molecule has 1 N–H and O–H groups in total. The zero-order valence-corrected chi connectivity index (χ0v) is 13.2. The quantitative estimate of drug-likeness (QED) is 0.842. The fourth-order valence-corrected chi connectivity index (χ4v) is 2.44. The summed E-state index contributed by atoms with van der Waals surface area (Å²) in [5.74, 6) is 0.820. The fourth-order valence-electron chi connectivity index (χ4n) is 1.75. The maximum Gasteiger partial charge on any atom is 0.121 e. The second-order valence-electron chi connectivity index (χ2n) is 4.29. The molecule has 0 heterocycles. The fraction of sp³-hybridized carbons (Fsp3) is 0.200. The van der Waals surface area contributed by atoms with Crippen LogP contribution in [0.25, 0.3) is 0 Å². The highest BCUT2D eigenvalue weighted by molar-refractivity contribution is 9.10. The Balaban J connectivity index is 2.14. The molecule has 0 bridgehead atoms. The molecule has 0 aliphatic heterocycles. The molecule has 0 saturated carbocycles. The van der Waals surface area contributed by atoms with Crippen LogP contribution < -0.4 is 10.1 Å². The van der Waals surface area contributed by atoms with Gasteiger partial charge in [-0.1, -0.05) is 23.7 Å². The van der Waals surface area contributed by atoms with Gasteiger partial charge in [-0.15, -0.1) is 0 Å². The summed E-state index contributed by atoms with van der Waals surface area (Å²) in [6.07, 6.45) is 0. The van der Waals surface area contributed by atoms with Crippen molar-refractivity contribution in [1.82, 2.24) is 0 Å². The van der Waals surface area contributed by atoms with Gasteiger partial charge in [0.05, 0.1) is 12.8 Å². The van der Waals surface area contributed by atoms with E-state index in [-0.39, 0.29) is 0 Å². The lowest BCUT2D eigenvalue weighted by molar-refractivity contribution is 0.415. The van der Waals surface area contributed by atoms with Crippen molar-refractivity contribution in [3.05, 3.63) is 57.0 Å². The number of methoxy groups -OCH3 is 1. The minimum absolute atomic E-state index is 0.672. The Morgan fingerprint density at radius 1 is 1.21 bits per heavy atom. The van der Waals surface area contributed by atoms with E-state index in [1.807, 2.05) is 37.3 Å². The number of anilines is 1. The van der Waals surface area contributed by atoms with E-state index in [0.29, 0.717) is 6.54 Å². The normalized spacial score (nSPS) is 10.3. The first-order valence-corrected chi connectivity index (χ1v) is 7.09. The first-order valence-electron chi connectivity index (χ1n) is 5.92. The van der Waals surface area contributed by atoms with Crippen molar-refractivity contribution in [3.63, 3.8) is 0 Å². The predicted molar refractivity (Wildman–Crippen MR) is 84.2 cm³/mol. The lowest BCUT2D eigenvalue weighted by Gasteiger charge is -2.11. The maximum atomic E-state index is 6.22. The molecule has 0 aliphatic rings. The molecule has 0 amide bonds. The molecule has 0 spiro atoms. The van der Waals surface area contributed by atoms with E-state index in [1.165, 1.54) is 0 Å². The summed E-state index contributed by atoms with van der Waals surface area (Å²) >= 11 is 9.73. The van der Waals surface area contributed by atoms with Gasteiger partial charge in [-0.3, -0.25) is 0 Å². The summed E-state index contributed by atoms with van der Waals surface area (Å²) in [4.78, 5) is 0. The van der Waals surface area contributed by atoms with Crippen LogP contribution in [0.5, 0.6) is 5.75 Å². The third kappa shape index (κ3) is 3.64. The van der Waals surface area contributed by atoms with Gasteiger partial charge in [-0.2, -0.15) is 0 Å². The van der Waals surface area contributed by atoms with Gasteiger partial charge in [-0.05, 0) is 52.2 Å². The van der Waals surface area contributed by atoms with Gasteiger partial charge in [0.1, 0.15) is 5.75 Å². The van der Waals surface area contributed by atoms with E-state index in [0.717, 1.165) is 32.1 Å². The van der Waals surface area contributed by atoms with E-state index >= 15 is 0 Å². The van der Waals surface area contributed by atoms with E-state index in [2.05, 4.69) is 27.3 Å². The van der Waals surface area contributed by atoms with Crippen molar-refractivity contribution in [1.29, 1.82) is 0 Å². The largest absolute Gasteiger partial charge is 0.497 e. The first kappa shape index (κ1) is 14.2. The molecule has 2 aromatic rings. The highest BCUT2D eigenvalue weighted by Gasteiger charge is 2.04. The molecule has 0 aliphatic carbocycles. The average Bonchev–Trinajstić information content (AvgIpc) is 2.39. The number of rotatable bonds is 4. The van der Waals surface area contributed by atoms with Crippen LogP contribution in [0.2, 0.25) is 5.02 Å². The molecule has 0 fully saturated rings. The summed E-state index contributed by atoms with van der Waals surface area (Å²) in [5.41, 5.74) is 3.22. The zero-order chi connectivity index (χ0) is 13.8. The highest BCUT2D eigenvalue weighted by Crippen LogP contribution is 2.28. The average molecular weight is 341 g/mol. The summed E-state index contributed by atoms with van der Waals surface area (Å²) in [7, 11) is 1.66. The zero-order valence-electron chi connectivity index (χ0n) is 10.8. The van der Waals surface area contributed by atoms with Gasteiger partial charge in [-0.25, -0.2) is 0 Å². The molecular weight excluding hydrogens is 326 g/mol. The topological polar surface area (TPSA) is 21.3 Å². The Morgan fingerprint density at radius 3 is 2.68 bits per heavy atom. The van der Waals surface area contributed by atoms with Gasteiger partial charge in [0.2, 0.25) is 0 Å². The number of nitrogens with one attached hydrogen (secondary N) is 1. The van der Waals surface area contributed by atoms with Crippen molar-refractivity contribution in [2.24, 2.45) is 0 Å². The number of hydrogen-bond acceptors (Lipinski definition) is 2. The second kappa shape index (κ2) is 6.31. The van der Waals surface area contributed by atoms with Crippen molar-refractivity contribution in [2.45, 2.75) is 13.5 Å². The van der Waals surface area contributed by atoms with Crippen LogP contribution in [0.1, 0.15) is 11.1 Å². The van der Waals surface area contributed by atoms with Gasteiger partial charge in [0, 0.05) is 22.1 Å². The van der Waals surface area contributed by atoms with E-state index in [1.54, 1.807) is 7.11 Å². The molecule has 0 unspecified atom stereocenters. The summed E-state index contributed by atoms with van der Waals surface area (Å²) < 4.78 is 6.21. The summed E-state index contributed by atoms with van der Waals surface area (Å²) in [5, 5.41) is 4.14. The standard InChI is InChI=1S/C15H15BrClNO/c1-10-3-4-11(14(17)7-10)9-18-15-8-12(19-2)5-6-13(15)16/h3-8,18H,9H2,1-2H3. The van der Waals surface area contributed by atoms with Gasteiger partial charge in [0.25, 0.3) is 0 Å². The second-order valence-corrected chi connectivity index (χ2v) is 5.56. The van der Waals surface area contributed by atoms with Crippen LogP contribution in [0.4, 0.5) is 5.69 Å². The molecule has 0 saturated heterocycles. The van der Waals surface area contributed by atoms with Crippen molar-refractivity contribution >= 4 is 33.2 Å². The molecule has 4 heteroatoms. The lowest BCUT2D eigenvalue weighted by atomic mass is 10.1. The molecule has 2 aromatic carbocycles. The molecule has 100 valence electrons. The number of hydrogen-bond donors (Lipinski definition) is 1. The monoisotopic (exact) mass is 339 g/mol. The van der Waals surface area contributed by atoms with E-state index < -0.39 is 0 Å². The molecule has 0 atom stereocenters. The molecule has 0 radical (unpaired) electrons. The Labute approximate surface area is 126 Å². The Morgan fingerprint density at radius 2 is 2.00 bits per heavy atom. The third-order valence-electron chi connectivity index (χ3n) is 2.85. The van der Waals surface area contributed by atoms with Gasteiger partial charge >= 0.3 is 0 Å². The van der Waals surface area contributed by atoms with Crippen molar-refractivity contribution in [2.75, 3.05) is 12.4 Å². The van der Waals surface area contributed by atoms with E-state index in [4.69, 9.17) is 16.3 Å². The Hall–Kier alpha value is -1.19. The van der Waals surface area contributed by atoms with Crippen molar-refractivity contribution < 1.29 is 4.74 Å². The Bertz CT molecular complexity index is 586. The van der Waals surface area contributed by atoms with Gasteiger partial charge in [0.15, 0.2) is 0 Å². The van der Waals surface area contributed by atoms with Crippen LogP contribution >= 0.6 is 27.5 Å². The van der Waals surface area contributed by atoms with Crippen LogP contribution in [0.3, 0.4) is 0 Å². The van der Waals surface area contributed by atoms with E-state index in [9.17, 15) is 0 Å². The molecule has 19 heavy (non-hydrogen) atoms. The maximum absolute atomic E-state index is 6.22. The molecule has 0 aromatic heterocycles. The molecule has 2 nitrogen and oxygen atoms in total. The number of halogens is 2. The molecule has 2 rings (SSSR count). The summed E-state index contributed by atoms with van der Waals surface area (Å²) in [6.45, 7) is 2.70. The van der Waals surface area contributed by atoms with Crippen LogP contribution in [0, 0.1) is 6.92 Å². The first-order chi connectivity index (χ1) is 9.10. The van der Waals surface area contributed by atoms with Crippen LogP contribution in [-0.4, -0.2) is 7.11 Å². The number of ether oxygens (including phenoxy) is 1. The number of benzene rings is 2. The smallest absolute Gasteiger partial charge is 0.121 e. The lowest BCUT2D eigenvalue weighted by Crippen LogP contribution is -2.01. The Kier molecular flexibility index (Phi) is 4.72.